The van der Waals surface area contributed by atoms with Crippen molar-refractivity contribution in [2.45, 2.75) is 49.9 Å². The van der Waals surface area contributed by atoms with Gasteiger partial charge in [-0.15, -0.1) is 0 Å². The van der Waals surface area contributed by atoms with Gasteiger partial charge in [-0.25, -0.2) is 9.50 Å². The number of amides is 1. The maximum absolute atomic E-state index is 13.5. The molecular formula is C16H19F3N4O2S. The molecule has 2 aromatic rings. The minimum atomic E-state index is -4.64. The standard InChI is InChI=1S/C16H19F3N4O2S/c1-3-10(22-8-4-5-14(22)24)9-11-15(16(17,18)19)20-12-6-7-13(26(2)25)21-23(11)12/h6-7,10H,3-5,8-9H2,1-2H3. The molecule has 1 fully saturated rings. The van der Waals surface area contributed by atoms with Gasteiger partial charge in [0.05, 0.1) is 16.5 Å². The first-order chi connectivity index (χ1) is 12.2. The second-order valence-corrected chi connectivity index (χ2v) is 7.58. The number of aromatic nitrogens is 3. The van der Waals surface area contributed by atoms with Crippen molar-refractivity contribution in [2.24, 2.45) is 0 Å². The summed E-state index contributed by atoms with van der Waals surface area (Å²) in [7, 11) is -1.43. The van der Waals surface area contributed by atoms with Crippen molar-refractivity contribution in [1.82, 2.24) is 19.5 Å². The van der Waals surface area contributed by atoms with E-state index in [2.05, 4.69) is 10.1 Å². The summed E-state index contributed by atoms with van der Waals surface area (Å²) in [5.74, 6) is -0.0393. The molecule has 0 bridgehead atoms. The Bertz CT molecular complexity index is 865. The topological polar surface area (TPSA) is 67.6 Å². The zero-order valence-electron chi connectivity index (χ0n) is 14.4. The van der Waals surface area contributed by atoms with Gasteiger partial charge in [0, 0.05) is 31.7 Å². The summed E-state index contributed by atoms with van der Waals surface area (Å²) in [6, 6.07) is 2.43. The molecule has 1 aliphatic rings. The molecule has 26 heavy (non-hydrogen) atoms. The van der Waals surface area contributed by atoms with Crippen LogP contribution >= 0.6 is 0 Å². The van der Waals surface area contributed by atoms with E-state index >= 15 is 0 Å². The lowest BCUT2D eigenvalue weighted by Gasteiger charge is -2.27. The highest BCUT2D eigenvalue weighted by atomic mass is 32.2. The number of halogens is 3. The molecule has 1 amide bonds. The maximum atomic E-state index is 13.5. The van der Waals surface area contributed by atoms with Gasteiger partial charge in [0.25, 0.3) is 0 Å². The van der Waals surface area contributed by atoms with Crippen LogP contribution < -0.4 is 0 Å². The van der Waals surface area contributed by atoms with E-state index in [1.54, 1.807) is 4.90 Å². The van der Waals surface area contributed by atoms with Crippen LogP contribution in [0.5, 0.6) is 0 Å². The first-order valence-corrected chi connectivity index (χ1v) is 9.87. The number of carbonyl (C=O) groups is 1. The lowest BCUT2D eigenvalue weighted by Crippen LogP contribution is -2.38. The van der Waals surface area contributed by atoms with Crippen molar-refractivity contribution in [3.8, 4) is 0 Å². The van der Waals surface area contributed by atoms with Gasteiger partial charge in [0.1, 0.15) is 5.03 Å². The molecule has 0 aliphatic carbocycles. The molecule has 142 valence electrons. The van der Waals surface area contributed by atoms with E-state index in [1.165, 1.54) is 18.4 Å². The first kappa shape index (κ1) is 18.8. The first-order valence-electron chi connectivity index (χ1n) is 8.31. The smallest absolute Gasteiger partial charge is 0.339 e. The molecule has 3 heterocycles. The summed E-state index contributed by atoms with van der Waals surface area (Å²) in [6.45, 7) is 2.39. The van der Waals surface area contributed by atoms with E-state index in [1.807, 2.05) is 6.92 Å². The average molecular weight is 388 g/mol. The highest BCUT2D eigenvalue weighted by molar-refractivity contribution is 7.84. The largest absolute Gasteiger partial charge is 0.435 e. The molecule has 10 heteroatoms. The van der Waals surface area contributed by atoms with Crippen LogP contribution in [0, 0.1) is 0 Å². The Labute approximate surface area is 150 Å². The van der Waals surface area contributed by atoms with Gasteiger partial charge < -0.3 is 4.90 Å². The molecule has 2 atom stereocenters. The van der Waals surface area contributed by atoms with Crippen molar-refractivity contribution in [1.29, 1.82) is 0 Å². The van der Waals surface area contributed by atoms with E-state index < -0.39 is 22.7 Å². The van der Waals surface area contributed by atoms with Crippen molar-refractivity contribution in [2.75, 3.05) is 12.8 Å². The van der Waals surface area contributed by atoms with Crippen LogP contribution in [-0.2, 0) is 28.2 Å². The van der Waals surface area contributed by atoms with Crippen LogP contribution in [0.3, 0.4) is 0 Å². The van der Waals surface area contributed by atoms with Gasteiger partial charge in [0.2, 0.25) is 5.91 Å². The predicted octanol–water partition coefficient (Wildman–Crippen LogP) is 2.43. The molecule has 2 unspecified atom stereocenters. The normalized spacial score (nSPS) is 17.9. The van der Waals surface area contributed by atoms with Crippen LogP contribution in [0.4, 0.5) is 13.2 Å². The summed E-state index contributed by atoms with van der Waals surface area (Å²) in [4.78, 5) is 17.3. The molecule has 3 rings (SSSR count). The van der Waals surface area contributed by atoms with Crippen molar-refractivity contribution < 1.29 is 22.2 Å². The number of hydrogen-bond donors (Lipinski definition) is 0. The molecular weight excluding hydrogens is 369 g/mol. The second kappa shape index (κ2) is 6.98. The Morgan fingerprint density at radius 2 is 2.08 bits per heavy atom. The van der Waals surface area contributed by atoms with Gasteiger partial charge in [-0.1, -0.05) is 6.92 Å². The van der Waals surface area contributed by atoms with Crippen molar-refractivity contribution in [3.05, 3.63) is 23.5 Å². The molecule has 2 aromatic heterocycles. The number of alkyl halides is 3. The van der Waals surface area contributed by atoms with Crippen LogP contribution in [0.25, 0.3) is 5.65 Å². The third-order valence-electron chi connectivity index (χ3n) is 4.56. The third-order valence-corrected chi connectivity index (χ3v) is 5.37. The van der Waals surface area contributed by atoms with Crippen molar-refractivity contribution >= 4 is 22.4 Å². The summed E-state index contributed by atoms with van der Waals surface area (Å²) < 4.78 is 53.3. The highest BCUT2D eigenvalue weighted by Gasteiger charge is 2.39. The molecule has 0 N–H and O–H groups in total. The average Bonchev–Trinajstić information content (AvgIpc) is 3.15. The number of likely N-dealkylation sites (tertiary alicyclic amines) is 1. The monoisotopic (exact) mass is 388 g/mol. The van der Waals surface area contributed by atoms with E-state index in [0.29, 0.717) is 25.8 Å². The van der Waals surface area contributed by atoms with E-state index in [-0.39, 0.29) is 34.7 Å². The van der Waals surface area contributed by atoms with Gasteiger partial charge in [0.15, 0.2) is 11.3 Å². The van der Waals surface area contributed by atoms with E-state index in [0.717, 1.165) is 4.52 Å². The molecule has 1 aliphatic heterocycles. The van der Waals surface area contributed by atoms with Crippen LogP contribution in [0.1, 0.15) is 37.6 Å². The van der Waals surface area contributed by atoms with Gasteiger partial charge in [-0.2, -0.15) is 18.3 Å². The fraction of sp³-hybridized carbons (Fsp3) is 0.562. The number of nitrogens with zero attached hydrogens (tertiary/aromatic N) is 4. The Morgan fingerprint density at radius 3 is 2.62 bits per heavy atom. The molecule has 0 saturated carbocycles. The van der Waals surface area contributed by atoms with Gasteiger partial charge >= 0.3 is 6.18 Å². The lowest BCUT2D eigenvalue weighted by atomic mass is 10.1. The Hall–Kier alpha value is -1.97. The maximum Gasteiger partial charge on any atom is 0.435 e. The number of carbonyl (C=O) groups excluding carboxylic acids is 1. The zero-order chi connectivity index (χ0) is 19.1. The fourth-order valence-electron chi connectivity index (χ4n) is 3.28. The SMILES string of the molecule is CCC(Cc1c(C(F)(F)F)nc2ccc(S(C)=O)nn12)N1CCCC1=O. The Kier molecular flexibility index (Phi) is 5.05. The van der Waals surface area contributed by atoms with Gasteiger partial charge in [-0.05, 0) is 25.0 Å². The molecule has 1 saturated heterocycles. The second-order valence-electron chi connectivity index (χ2n) is 6.26. The summed E-state index contributed by atoms with van der Waals surface area (Å²) in [5, 5.41) is 4.27. The molecule has 0 aromatic carbocycles. The lowest BCUT2D eigenvalue weighted by molar-refractivity contribution is -0.141. The molecule has 6 nitrogen and oxygen atoms in total. The minimum absolute atomic E-state index is 0.00888. The zero-order valence-corrected chi connectivity index (χ0v) is 15.2. The number of fused-ring (bicyclic) bond motifs is 1. The van der Waals surface area contributed by atoms with Gasteiger partial charge in [-0.3, -0.25) is 9.00 Å². The summed E-state index contributed by atoms with van der Waals surface area (Å²) >= 11 is 0. The quantitative estimate of drug-likeness (QED) is 0.789. The highest BCUT2D eigenvalue weighted by Crippen LogP contribution is 2.33. The van der Waals surface area contributed by atoms with E-state index in [9.17, 15) is 22.2 Å². The molecule has 0 radical (unpaired) electrons. The number of hydrogen-bond acceptors (Lipinski definition) is 4. The van der Waals surface area contributed by atoms with Crippen molar-refractivity contribution in [3.63, 3.8) is 0 Å². The Morgan fingerprint density at radius 1 is 1.35 bits per heavy atom. The Balaban J connectivity index is 2.10. The summed E-state index contributed by atoms with van der Waals surface area (Å²) in [5.41, 5.74) is -1.07. The minimum Gasteiger partial charge on any atom is -0.339 e. The molecule has 0 spiro atoms. The van der Waals surface area contributed by atoms with Crippen LogP contribution in [-0.4, -0.2) is 48.5 Å². The summed E-state index contributed by atoms with van der Waals surface area (Å²) in [6.07, 6.45) is -1.57. The predicted molar refractivity (Wildman–Crippen MR) is 89.1 cm³/mol. The van der Waals surface area contributed by atoms with Crippen LogP contribution in [0.15, 0.2) is 17.2 Å². The number of imidazole rings is 1. The number of rotatable bonds is 5. The fourth-order valence-corrected chi connectivity index (χ4v) is 3.74. The van der Waals surface area contributed by atoms with Crippen LogP contribution in [0.2, 0.25) is 0 Å². The third kappa shape index (κ3) is 3.46. The van der Waals surface area contributed by atoms with E-state index in [4.69, 9.17) is 0 Å².